The van der Waals surface area contributed by atoms with E-state index in [4.69, 9.17) is 4.74 Å². The fourth-order valence-corrected chi connectivity index (χ4v) is 2.73. The monoisotopic (exact) mass is 270 g/mol. The molecule has 112 valence electrons. The van der Waals surface area contributed by atoms with Crippen LogP contribution in [0.25, 0.3) is 0 Å². The lowest BCUT2D eigenvalue weighted by molar-refractivity contribution is -0.151. The summed E-state index contributed by atoms with van der Waals surface area (Å²) in [7, 11) is 0. The highest BCUT2D eigenvalue weighted by molar-refractivity contribution is 5.80. The van der Waals surface area contributed by atoms with Crippen LogP contribution in [0.2, 0.25) is 0 Å². The number of nitrogens with one attached hydrogen (secondary N) is 1. The van der Waals surface area contributed by atoms with Crippen LogP contribution in [0.15, 0.2) is 0 Å². The maximum absolute atomic E-state index is 12.2. The lowest BCUT2D eigenvalue weighted by Gasteiger charge is -2.34. The van der Waals surface area contributed by atoms with Crippen LogP contribution in [0.4, 0.5) is 0 Å². The van der Waals surface area contributed by atoms with Crippen LogP contribution in [0.5, 0.6) is 0 Å². The van der Waals surface area contributed by atoms with Crippen molar-refractivity contribution >= 4 is 5.97 Å². The van der Waals surface area contributed by atoms with E-state index in [-0.39, 0.29) is 12.0 Å². The normalized spacial score (nSPS) is 20.3. The summed E-state index contributed by atoms with van der Waals surface area (Å²) >= 11 is 0. The number of rotatable bonds is 7. The Bertz CT molecular complexity index is 275. The number of esters is 1. The molecule has 1 aliphatic rings. The zero-order chi connectivity index (χ0) is 14.3. The minimum Gasteiger partial charge on any atom is -0.465 e. The van der Waals surface area contributed by atoms with Gasteiger partial charge in [0.05, 0.1) is 6.61 Å². The first kappa shape index (κ1) is 16.4. The average molecular weight is 270 g/mol. The number of carbonyl (C=O) groups excluding carboxylic acids is 1. The van der Waals surface area contributed by atoms with Gasteiger partial charge in [0.1, 0.15) is 5.54 Å². The molecule has 1 atom stereocenters. The van der Waals surface area contributed by atoms with Crippen molar-refractivity contribution in [3.8, 4) is 0 Å². The second kappa shape index (κ2) is 7.85. The Morgan fingerprint density at radius 1 is 1.32 bits per heavy atom. The van der Waals surface area contributed by atoms with Gasteiger partial charge in [0, 0.05) is 12.6 Å². The molecule has 0 aromatic carbocycles. The topological polar surface area (TPSA) is 41.6 Å². The molecule has 0 bridgehead atoms. The molecule has 1 rings (SSSR count). The summed E-state index contributed by atoms with van der Waals surface area (Å²) in [6.07, 6.45) is 4.72. The smallest absolute Gasteiger partial charge is 0.326 e. The van der Waals surface area contributed by atoms with Crippen molar-refractivity contribution in [3.63, 3.8) is 0 Å². The predicted octanol–water partition coefficient (Wildman–Crippen LogP) is 2.18. The highest BCUT2D eigenvalue weighted by Gasteiger charge is 2.35. The molecule has 1 heterocycles. The second-order valence-electron chi connectivity index (χ2n) is 6.00. The van der Waals surface area contributed by atoms with Gasteiger partial charge in [0.2, 0.25) is 0 Å². The van der Waals surface area contributed by atoms with E-state index < -0.39 is 5.54 Å². The van der Waals surface area contributed by atoms with Crippen LogP contribution < -0.4 is 5.32 Å². The van der Waals surface area contributed by atoms with Crippen LogP contribution in [0, 0.1) is 0 Å². The molecule has 0 amide bonds. The molecule has 19 heavy (non-hydrogen) atoms. The van der Waals surface area contributed by atoms with E-state index in [0.717, 1.165) is 13.0 Å². The zero-order valence-corrected chi connectivity index (χ0v) is 13.0. The minimum absolute atomic E-state index is 0.124. The first-order valence-electron chi connectivity index (χ1n) is 7.65. The minimum atomic E-state index is -0.568. The lowest BCUT2D eigenvalue weighted by atomic mass is 9.95. The molecule has 0 aromatic rings. The quantitative estimate of drug-likeness (QED) is 0.720. The molecule has 0 aliphatic carbocycles. The van der Waals surface area contributed by atoms with E-state index in [2.05, 4.69) is 24.1 Å². The highest BCUT2D eigenvalue weighted by Crippen LogP contribution is 2.17. The van der Waals surface area contributed by atoms with Crippen molar-refractivity contribution in [1.29, 1.82) is 0 Å². The number of ether oxygens (including phenoxy) is 1. The Morgan fingerprint density at radius 2 is 1.95 bits per heavy atom. The summed E-state index contributed by atoms with van der Waals surface area (Å²) in [6, 6.07) is 0.274. The number of likely N-dealkylation sites (tertiary alicyclic amines) is 1. The second-order valence-corrected chi connectivity index (χ2v) is 6.00. The van der Waals surface area contributed by atoms with Gasteiger partial charge in [-0.3, -0.25) is 10.1 Å². The molecule has 4 nitrogen and oxygen atoms in total. The standard InChI is InChI=1S/C15H30N2O2/c1-5-19-14(18)15(4,16-13(2)3)9-12-17-10-7-6-8-11-17/h13,16H,5-12H2,1-4H3. The van der Waals surface area contributed by atoms with Crippen molar-refractivity contribution in [1.82, 2.24) is 10.2 Å². The summed E-state index contributed by atoms with van der Waals surface area (Å²) in [5.74, 6) is -0.124. The molecule has 0 saturated carbocycles. The van der Waals surface area contributed by atoms with Gasteiger partial charge in [-0.15, -0.1) is 0 Å². The van der Waals surface area contributed by atoms with Crippen molar-refractivity contribution in [3.05, 3.63) is 0 Å². The van der Waals surface area contributed by atoms with Crippen molar-refractivity contribution in [2.24, 2.45) is 0 Å². The molecule has 1 saturated heterocycles. The fraction of sp³-hybridized carbons (Fsp3) is 0.933. The third-order valence-corrected chi connectivity index (χ3v) is 3.71. The Labute approximate surface area is 117 Å². The van der Waals surface area contributed by atoms with E-state index in [0.29, 0.717) is 6.61 Å². The maximum atomic E-state index is 12.2. The summed E-state index contributed by atoms with van der Waals surface area (Å²) in [6.45, 7) is 11.7. The Balaban J connectivity index is 2.54. The van der Waals surface area contributed by atoms with Gasteiger partial charge in [-0.05, 0) is 60.0 Å². The van der Waals surface area contributed by atoms with E-state index >= 15 is 0 Å². The van der Waals surface area contributed by atoms with Crippen LogP contribution in [-0.2, 0) is 9.53 Å². The summed E-state index contributed by atoms with van der Waals surface area (Å²) < 4.78 is 5.23. The van der Waals surface area contributed by atoms with Crippen molar-refractivity contribution in [2.45, 2.75) is 65.0 Å². The van der Waals surface area contributed by atoms with Crippen LogP contribution in [0.1, 0.15) is 53.4 Å². The van der Waals surface area contributed by atoms with Gasteiger partial charge in [0.15, 0.2) is 0 Å². The molecule has 0 spiro atoms. The first-order valence-corrected chi connectivity index (χ1v) is 7.65. The summed E-state index contributed by atoms with van der Waals surface area (Å²) in [5.41, 5.74) is -0.568. The predicted molar refractivity (Wildman–Crippen MR) is 78.2 cm³/mol. The average Bonchev–Trinajstić information content (AvgIpc) is 2.37. The van der Waals surface area contributed by atoms with Gasteiger partial charge in [-0.1, -0.05) is 6.42 Å². The Hall–Kier alpha value is -0.610. The van der Waals surface area contributed by atoms with E-state index in [1.807, 2.05) is 13.8 Å². The van der Waals surface area contributed by atoms with Crippen LogP contribution in [0.3, 0.4) is 0 Å². The zero-order valence-electron chi connectivity index (χ0n) is 13.0. The molecule has 0 aromatic heterocycles. The SMILES string of the molecule is CCOC(=O)C(C)(CCN1CCCCC1)NC(C)C. The largest absolute Gasteiger partial charge is 0.465 e. The molecule has 1 fully saturated rings. The summed E-state index contributed by atoms with van der Waals surface area (Å²) in [4.78, 5) is 14.6. The van der Waals surface area contributed by atoms with Gasteiger partial charge >= 0.3 is 5.97 Å². The number of piperidine rings is 1. The molecule has 1 unspecified atom stereocenters. The number of hydrogen-bond donors (Lipinski definition) is 1. The molecular weight excluding hydrogens is 240 g/mol. The molecule has 4 heteroatoms. The van der Waals surface area contributed by atoms with Crippen LogP contribution in [-0.4, -0.2) is 48.7 Å². The summed E-state index contributed by atoms with van der Waals surface area (Å²) in [5, 5.41) is 3.38. The Morgan fingerprint density at radius 3 is 2.47 bits per heavy atom. The van der Waals surface area contributed by atoms with E-state index in [1.54, 1.807) is 0 Å². The molecule has 0 radical (unpaired) electrons. The maximum Gasteiger partial charge on any atom is 0.326 e. The third-order valence-electron chi connectivity index (χ3n) is 3.71. The van der Waals surface area contributed by atoms with Gasteiger partial charge in [-0.25, -0.2) is 0 Å². The van der Waals surface area contributed by atoms with E-state index in [9.17, 15) is 4.79 Å². The molecule has 1 N–H and O–H groups in total. The highest BCUT2D eigenvalue weighted by atomic mass is 16.5. The lowest BCUT2D eigenvalue weighted by Crippen LogP contribution is -2.54. The number of carbonyl (C=O) groups is 1. The number of hydrogen-bond acceptors (Lipinski definition) is 4. The Kier molecular flexibility index (Phi) is 6.80. The van der Waals surface area contributed by atoms with Crippen molar-refractivity contribution < 1.29 is 9.53 Å². The molecular formula is C15H30N2O2. The fourth-order valence-electron chi connectivity index (χ4n) is 2.73. The third kappa shape index (κ3) is 5.49. The van der Waals surface area contributed by atoms with Gasteiger partial charge < -0.3 is 9.64 Å². The van der Waals surface area contributed by atoms with Crippen molar-refractivity contribution in [2.75, 3.05) is 26.2 Å². The number of nitrogens with zero attached hydrogens (tertiary/aromatic N) is 1. The van der Waals surface area contributed by atoms with E-state index in [1.165, 1.54) is 32.4 Å². The van der Waals surface area contributed by atoms with Crippen LogP contribution >= 0.6 is 0 Å². The molecule has 1 aliphatic heterocycles. The van der Waals surface area contributed by atoms with Gasteiger partial charge in [0.25, 0.3) is 0 Å². The van der Waals surface area contributed by atoms with Gasteiger partial charge in [-0.2, -0.15) is 0 Å². The first-order chi connectivity index (χ1) is 8.98.